The molecule has 1 heterocycles. The van der Waals surface area contributed by atoms with Gasteiger partial charge in [-0.1, -0.05) is 0 Å². The number of benzene rings is 1. The third kappa shape index (κ3) is 6.11. The highest BCUT2D eigenvalue weighted by atomic mass is 32.2. The first-order valence-electron chi connectivity index (χ1n) is 8.12. The monoisotopic (exact) mass is 369 g/mol. The van der Waals surface area contributed by atoms with E-state index in [1.807, 2.05) is 0 Å². The van der Waals surface area contributed by atoms with Crippen molar-refractivity contribution in [2.75, 3.05) is 26.2 Å². The van der Waals surface area contributed by atoms with Gasteiger partial charge in [0.2, 0.25) is 15.9 Å². The minimum absolute atomic E-state index is 0.0802. The topological polar surface area (TPSA) is 114 Å². The van der Waals surface area contributed by atoms with E-state index < -0.39 is 10.0 Å². The molecule has 0 aliphatic carbocycles. The average Bonchev–Trinajstić information content (AvgIpc) is 3.10. The number of rotatable bonds is 8. The molecule has 1 atom stereocenters. The molecule has 138 valence electrons. The maximum absolute atomic E-state index is 12.2. The summed E-state index contributed by atoms with van der Waals surface area (Å²) in [5.74, 6) is -0.499. The first-order chi connectivity index (χ1) is 11.9. The van der Waals surface area contributed by atoms with Crippen LogP contribution in [0.1, 0.15) is 30.1 Å². The third-order valence-corrected chi connectivity index (χ3v) is 5.18. The molecule has 8 nitrogen and oxygen atoms in total. The van der Waals surface area contributed by atoms with Crippen LogP contribution in [-0.4, -0.2) is 52.6 Å². The van der Waals surface area contributed by atoms with E-state index >= 15 is 0 Å². The van der Waals surface area contributed by atoms with E-state index in [9.17, 15) is 18.0 Å². The van der Waals surface area contributed by atoms with Gasteiger partial charge in [-0.2, -0.15) is 0 Å². The molecule has 0 aromatic heterocycles. The molecule has 1 aromatic rings. The Kier molecular flexibility index (Phi) is 6.91. The van der Waals surface area contributed by atoms with E-state index in [2.05, 4.69) is 15.4 Å². The molecule has 2 rings (SSSR count). The molecule has 1 aliphatic rings. The minimum Gasteiger partial charge on any atom is -0.377 e. The molecular weight excluding hydrogens is 346 g/mol. The van der Waals surface area contributed by atoms with Crippen LogP contribution >= 0.6 is 0 Å². The van der Waals surface area contributed by atoms with Crippen molar-refractivity contribution in [3.05, 3.63) is 29.8 Å². The van der Waals surface area contributed by atoms with E-state index in [1.165, 1.54) is 31.2 Å². The summed E-state index contributed by atoms with van der Waals surface area (Å²) >= 11 is 0. The van der Waals surface area contributed by atoms with Crippen molar-refractivity contribution < 1.29 is 22.7 Å². The number of carbonyl (C=O) groups is 2. The van der Waals surface area contributed by atoms with Gasteiger partial charge < -0.3 is 15.4 Å². The lowest BCUT2D eigenvalue weighted by molar-refractivity contribution is -0.118. The second-order valence-electron chi connectivity index (χ2n) is 5.75. The maximum Gasteiger partial charge on any atom is 0.251 e. The Balaban J connectivity index is 1.87. The van der Waals surface area contributed by atoms with Crippen molar-refractivity contribution in [1.82, 2.24) is 15.4 Å². The number of nitrogens with one attached hydrogen (secondary N) is 3. The molecule has 0 spiro atoms. The Labute approximate surface area is 147 Å². The summed E-state index contributed by atoms with van der Waals surface area (Å²) in [6.45, 7) is 2.93. The lowest BCUT2D eigenvalue weighted by Crippen LogP contribution is -2.33. The summed E-state index contributed by atoms with van der Waals surface area (Å²) in [6, 6.07) is 5.68. The summed E-state index contributed by atoms with van der Waals surface area (Å²) in [4.78, 5) is 22.8. The second kappa shape index (κ2) is 8.93. The van der Waals surface area contributed by atoms with Crippen LogP contribution in [0.3, 0.4) is 0 Å². The van der Waals surface area contributed by atoms with E-state index in [0.29, 0.717) is 25.3 Å². The Bertz CT molecular complexity index is 697. The quantitative estimate of drug-likeness (QED) is 0.559. The smallest absolute Gasteiger partial charge is 0.251 e. The SMILES string of the molecule is CC(=O)NCCNC(=O)c1ccc(S(=O)(=O)NCC2CCCO2)cc1. The molecule has 2 amide bonds. The molecule has 1 saturated heterocycles. The van der Waals surface area contributed by atoms with Gasteiger partial charge in [0.1, 0.15) is 0 Å². The fourth-order valence-corrected chi connectivity index (χ4v) is 3.46. The molecule has 0 radical (unpaired) electrons. The van der Waals surface area contributed by atoms with Crippen LogP contribution in [0.4, 0.5) is 0 Å². The van der Waals surface area contributed by atoms with Crippen molar-refractivity contribution in [2.24, 2.45) is 0 Å². The average molecular weight is 369 g/mol. The fourth-order valence-electron chi connectivity index (χ4n) is 2.39. The molecule has 0 saturated carbocycles. The highest BCUT2D eigenvalue weighted by molar-refractivity contribution is 7.89. The zero-order valence-electron chi connectivity index (χ0n) is 14.1. The third-order valence-electron chi connectivity index (χ3n) is 3.74. The van der Waals surface area contributed by atoms with Crippen LogP contribution in [0.15, 0.2) is 29.2 Å². The van der Waals surface area contributed by atoms with E-state index in [-0.39, 0.29) is 29.4 Å². The Morgan fingerprint density at radius 3 is 2.44 bits per heavy atom. The van der Waals surface area contributed by atoms with Gasteiger partial charge in [0.15, 0.2) is 0 Å². The first-order valence-corrected chi connectivity index (χ1v) is 9.61. The van der Waals surface area contributed by atoms with Gasteiger partial charge in [-0.3, -0.25) is 9.59 Å². The van der Waals surface area contributed by atoms with Crippen molar-refractivity contribution >= 4 is 21.8 Å². The van der Waals surface area contributed by atoms with Crippen LogP contribution in [0, 0.1) is 0 Å². The molecular formula is C16H23N3O5S. The van der Waals surface area contributed by atoms with Gasteiger partial charge >= 0.3 is 0 Å². The van der Waals surface area contributed by atoms with Crippen molar-refractivity contribution in [3.63, 3.8) is 0 Å². The Morgan fingerprint density at radius 1 is 1.16 bits per heavy atom. The van der Waals surface area contributed by atoms with Gasteiger partial charge in [0.25, 0.3) is 5.91 Å². The van der Waals surface area contributed by atoms with Crippen LogP contribution in [0.5, 0.6) is 0 Å². The summed E-state index contributed by atoms with van der Waals surface area (Å²) in [6.07, 6.45) is 1.71. The van der Waals surface area contributed by atoms with Gasteiger partial charge in [-0.15, -0.1) is 0 Å². The number of sulfonamides is 1. The van der Waals surface area contributed by atoms with E-state index in [4.69, 9.17) is 4.74 Å². The van der Waals surface area contributed by atoms with Gasteiger partial charge in [-0.05, 0) is 37.1 Å². The molecule has 0 bridgehead atoms. The number of amides is 2. The van der Waals surface area contributed by atoms with Crippen LogP contribution < -0.4 is 15.4 Å². The zero-order valence-corrected chi connectivity index (χ0v) is 14.9. The molecule has 1 fully saturated rings. The Morgan fingerprint density at radius 2 is 1.84 bits per heavy atom. The van der Waals surface area contributed by atoms with Crippen LogP contribution in [-0.2, 0) is 19.6 Å². The standard InChI is InChI=1S/C16H23N3O5S/c1-12(20)17-8-9-18-16(21)13-4-6-15(7-5-13)25(22,23)19-11-14-3-2-10-24-14/h4-7,14,19H,2-3,8-11H2,1H3,(H,17,20)(H,18,21). The highest BCUT2D eigenvalue weighted by Gasteiger charge is 2.20. The van der Waals surface area contributed by atoms with Crippen molar-refractivity contribution in [2.45, 2.75) is 30.8 Å². The molecule has 25 heavy (non-hydrogen) atoms. The van der Waals surface area contributed by atoms with E-state index in [0.717, 1.165) is 12.8 Å². The van der Waals surface area contributed by atoms with Gasteiger partial charge in [0, 0.05) is 38.7 Å². The lowest BCUT2D eigenvalue weighted by Gasteiger charge is -2.12. The second-order valence-corrected chi connectivity index (χ2v) is 7.52. The largest absolute Gasteiger partial charge is 0.377 e. The molecule has 1 unspecified atom stereocenters. The predicted octanol–water partition coefficient (Wildman–Crippen LogP) is 0.00980. The maximum atomic E-state index is 12.2. The number of ether oxygens (including phenoxy) is 1. The number of hydrogen-bond donors (Lipinski definition) is 3. The number of carbonyl (C=O) groups excluding carboxylic acids is 2. The summed E-state index contributed by atoms with van der Waals surface area (Å²) in [5, 5.41) is 5.21. The molecule has 1 aliphatic heterocycles. The lowest BCUT2D eigenvalue weighted by atomic mass is 10.2. The van der Waals surface area contributed by atoms with Gasteiger partial charge in [0.05, 0.1) is 11.0 Å². The zero-order chi connectivity index (χ0) is 18.3. The van der Waals surface area contributed by atoms with Crippen molar-refractivity contribution in [3.8, 4) is 0 Å². The van der Waals surface area contributed by atoms with Crippen LogP contribution in [0.25, 0.3) is 0 Å². The summed E-state index contributed by atoms with van der Waals surface area (Å²) in [5.41, 5.74) is 0.348. The minimum atomic E-state index is -3.63. The number of hydrogen-bond acceptors (Lipinski definition) is 5. The predicted molar refractivity (Wildman–Crippen MR) is 91.6 cm³/mol. The fraction of sp³-hybridized carbons (Fsp3) is 0.500. The molecule has 1 aromatic carbocycles. The summed E-state index contributed by atoms with van der Waals surface area (Å²) < 4.78 is 32.4. The van der Waals surface area contributed by atoms with Gasteiger partial charge in [-0.25, -0.2) is 13.1 Å². The molecule has 9 heteroatoms. The van der Waals surface area contributed by atoms with Crippen LogP contribution in [0.2, 0.25) is 0 Å². The normalized spacial score (nSPS) is 17.2. The Hall–Kier alpha value is -1.97. The first kappa shape index (κ1) is 19.4. The molecule has 3 N–H and O–H groups in total. The highest BCUT2D eigenvalue weighted by Crippen LogP contribution is 2.14. The van der Waals surface area contributed by atoms with E-state index in [1.54, 1.807) is 0 Å². The summed E-state index contributed by atoms with van der Waals surface area (Å²) in [7, 11) is -3.63. The van der Waals surface area contributed by atoms with Crippen molar-refractivity contribution in [1.29, 1.82) is 0 Å².